The Hall–Kier alpha value is -2.95. The van der Waals surface area contributed by atoms with Gasteiger partial charge in [-0.05, 0) is 25.3 Å². The molecule has 1 saturated heterocycles. The highest BCUT2D eigenvalue weighted by Gasteiger charge is 2.51. The summed E-state index contributed by atoms with van der Waals surface area (Å²) in [6.45, 7) is 6.55. The van der Waals surface area contributed by atoms with Crippen molar-refractivity contribution in [3.05, 3.63) is 22.7 Å². The van der Waals surface area contributed by atoms with Crippen molar-refractivity contribution in [2.24, 2.45) is 0 Å². The van der Waals surface area contributed by atoms with Gasteiger partial charge in [-0.25, -0.2) is 4.79 Å². The molecule has 11 heteroatoms. The number of carbonyl (C=O) groups is 3. The molecule has 68 heavy (non-hydrogen) atoms. The summed E-state index contributed by atoms with van der Waals surface area (Å²) in [5, 5.41) is 0. The maximum absolute atomic E-state index is 13.5. The molecule has 4 atom stereocenters. The Kier molecular flexibility index (Phi) is 38.6. The number of anilines is 1. The first-order chi connectivity index (χ1) is 33.3. The second kappa shape index (κ2) is 42.9. The van der Waals surface area contributed by atoms with E-state index in [2.05, 4.69) is 25.8 Å². The zero-order chi connectivity index (χ0) is 49.1. The van der Waals surface area contributed by atoms with Crippen LogP contribution in [0.2, 0.25) is 0 Å². The molecule has 0 aromatic carbocycles. The molecule has 1 aromatic rings. The van der Waals surface area contributed by atoms with E-state index in [1.165, 1.54) is 197 Å². The molecule has 394 valence electrons. The van der Waals surface area contributed by atoms with E-state index >= 15 is 0 Å². The van der Waals surface area contributed by atoms with Crippen LogP contribution in [-0.4, -0.2) is 52.4 Å². The van der Waals surface area contributed by atoms with Gasteiger partial charge in [0.15, 0.2) is 18.4 Å². The average Bonchev–Trinajstić information content (AvgIpc) is 3.64. The Morgan fingerprint density at radius 1 is 0.485 bits per heavy atom. The molecule has 11 nitrogen and oxygen atoms in total. The molecule has 0 amide bonds. The van der Waals surface area contributed by atoms with E-state index in [9.17, 15) is 19.2 Å². The van der Waals surface area contributed by atoms with Gasteiger partial charge in [-0.2, -0.15) is 4.98 Å². The van der Waals surface area contributed by atoms with Gasteiger partial charge < -0.3 is 24.7 Å². The van der Waals surface area contributed by atoms with E-state index in [0.29, 0.717) is 12.8 Å². The van der Waals surface area contributed by atoms with Gasteiger partial charge in [0.25, 0.3) is 0 Å². The maximum atomic E-state index is 13.5. The third-order valence-electron chi connectivity index (χ3n) is 13.8. The molecule has 2 N–H and O–H groups in total. The van der Waals surface area contributed by atoms with E-state index in [1.807, 2.05) is 0 Å². The van der Waals surface area contributed by atoms with Gasteiger partial charge in [-0.15, -0.1) is 0 Å². The number of unbranched alkanes of at least 4 members (excludes halogenated alkanes) is 36. The fourth-order valence-corrected chi connectivity index (χ4v) is 9.48. The molecule has 1 aliphatic heterocycles. The average molecular weight is 958 g/mol. The molecule has 0 saturated carbocycles. The fourth-order valence-electron chi connectivity index (χ4n) is 9.48. The Morgan fingerprint density at radius 3 is 1.13 bits per heavy atom. The van der Waals surface area contributed by atoms with Crippen LogP contribution in [0.3, 0.4) is 0 Å². The predicted octanol–water partition coefficient (Wildman–Crippen LogP) is 15.5. The summed E-state index contributed by atoms with van der Waals surface area (Å²) >= 11 is 0. The SMILES string of the molecule is CCCCCCCCCCCCCCCC(=O)OC[C@H]1O[C@@H](n2ccc(N)nc2=O)C(OC(=O)CCCCCCCCCCCCCCC)C1OC(=O)CCCCCCCCCCCCCCC. The van der Waals surface area contributed by atoms with Crippen LogP contribution in [0.5, 0.6) is 0 Å². The molecule has 1 fully saturated rings. The summed E-state index contributed by atoms with van der Waals surface area (Å²) in [5.74, 6) is -1.22. The topological polar surface area (TPSA) is 149 Å². The molecule has 2 heterocycles. The van der Waals surface area contributed by atoms with Gasteiger partial charge in [0.2, 0.25) is 0 Å². The quantitative estimate of drug-likeness (QED) is 0.0380. The third kappa shape index (κ3) is 31.3. The number of carbonyl (C=O) groups excluding carboxylic acids is 3. The predicted molar refractivity (Wildman–Crippen MR) is 278 cm³/mol. The standard InChI is InChI=1S/C57H103N3O8/c1-4-7-10-13-16-19-22-25-28-31-34-37-40-43-51(61)65-48-49-54(67-52(62)44-41-38-35-32-29-26-23-20-17-14-11-8-5-2)55(56(66-49)60-47-46-50(58)59-57(60)64)68-53(63)45-42-39-36-33-30-27-24-21-18-15-12-9-6-3/h46-47,49,54-56H,4-45,48H2,1-3H3,(H2,58,59,64)/t49-,54?,55?,56-/m1/s1. The van der Waals surface area contributed by atoms with Crippen molar-refractivity contribution >= 4 is 23.7 Å². The molecule has 2 rings (SSSR count). The molecule has 1 aliphatic rings. The van der Waals surface area contributed by atoms with Gasteiger partial charge in [0, 0.05) is 25.5 Å². The van der Waals surface area contributed by atoms with Crippen molar-refractivity contribution in [3.8, 4) is 0 Å². The largest absolute Gasteiger partial charge is 0.463 e. The first kappa shape index (κ1) is 61.2. The monoisotopic (exact) mass is 958 g/mol. The minimum Gasteiger partial charge on any atom is -0.463 e. The number of esters is 3. The lowest BCUT2D eigenvalue weighted by molar-refractivity contribution is -0.169. The highest BCUT2D eigenvalue weighted by molar-refractivity contribution is 5.71. The van der Waals surface area contributed by atoms with Crippen LogP contribution in [0.1, 0.15) is 297 Å². The van der Waals surface area contributed by atoms with Gasteiger partial charge in [-0.3, -0.25) is 19.0 Å². The summed E-state index contributed by atoms with van der Waals surface area (Å²) in [5.41, 5.74) is 5.15. The first-order valence-electron chi connectivity index (χ1n) is 28.8. The van der Waals surface area contributed by atoms with Crippen LogP contribution in [0, 0.1) is 0 Å². The molecule has 0 radical (unpaired) electrons. The highest BCUT2D eigenvalue weighted by Crippen LogP contribution is 2.34. The second-order valence-corrected chi connectivity index (χ2v) is 20.2. The van der Waals surface area contributed by atoms with Gasteiger partial charge in [-0.1, -0.05) is 252 Å². The van der Waals surface area contributed by atoms with Crippen LogP contribution >= 0.6 is 0 Å². The van der Waals surface area contributed by atoms with E-state index in [-0.39, 0.29) is 37.7 Å². The molecular formula is C57H103N3O8. The summed E-state index contributed by atoms with van der Waals surface area (Å²) < 4.78 is 25.5. The van der Waals surface area contributed by atoms with Crippen LogP contribution in [0.25, 0.3) is 0 Å². The smallest absolute Gasteiger partial charge is 0.351 e. The van der Waals surface area contributed by atoms with Gasteiger partial charge in [0.1, 0.15) is 18.5 Å². The molecule has 0 bridgehead atoms. The summed E-state index contributed by atoms with van der Waals surface area (Å²) in [4.78, 5) is 57.1. The molecular weight excluding hydrogens is 855 g/mol. The van der Waals surface area contributed by atoms with Crippen LogP contribution in [0.4, 0.5) is 5.82 Å². The highest BCUT2D eigenvalue weighted by atomic mass is 16.7. The number of hydrogen-bond donors (Lipinski definition) is 1. The second-order valence-electron chi connectivity index (χ2n) is 20.2. The Balaban J connectivity index is 1.95. The Labute approximate surface area is 415 Å². The minimum atomic E-state index is -1.16. The molecule has 1 aromatic heterocycles. The maximum Gasteiger partial charge on any atom is 0.351 e. The van der Waals surface area contributed by atoms with Gasteiger partial charge in [0.05, 0.1) is 0 Å². The normalized spacial score (nSPS) is 16.9. The van der Waals surface area contributed by atoms with Crippen LogP contribution in [-0.2, 0) is 33.3 Å². The van der Waals surface area contributed by atoms with Crippen molar-refractivity contribution in [2.45, 2.75) is 315 Å². The van der Waals surface area contributed by atoms with Crippen LogP contribution < -0.4 is 11.4 Å². The third-order valence-corrected chi connectivity index (χ3v) is 13.8. The number of rotatable bonds is 47. The van der Waals surface area contributed by atoms with Crippen molar-refractivity contribution in [2.75, 3.05) is 12.3 Å². The molecule has 0 spiro atoms. The lowest BCUT2D eigenvalue weighted by atomic mass is 10.0. The van der Waals surface area contributed by atoms with Crippen LogP contribution in [0.15, 0.2) is 17.1 Å². The zero-order valence-electron chi connectivity index (χ0n) is 44.1. The Morgan fingerprint density at radius 2 is 0.794 bits per heavy atom. The zero-order valence-corrected chi connectivity index (χ0v) is 44.1. The minimum absolute atomic E-state index is 0.0413. The Bertz CT molecular complexity index is 1440. The van der Waals surface area contributed by atoms with Crippen molar-refractivity contribution in [3.63, 3.8) is 0 Å². The fraction of sp³-hybridized carbons (Fsp3) is 0.877. The molecule has 0 aliphatic carbocycles. The van der Waals surface area contributed by atoms with E-state index in [4.69, 9.17) is 24.7 Å². The first-order valence-corrected chi connectivity index (χ1v) is 28.8. The van der Waals surface area contributed by atoms with Crippen molar-refractivity contribution in [1.29, 1.82) is 0 Å². The van der Waals surface area contributed by atoms with E-state index in [0.717, 1.165) is 57.8 Å². The lowest BCUT2D eigenvalue weighted by Crippen LogP contribution is -2.42. The van der Waals surface area contributed by atoms with Gasteiger partial charge >= 0.3 is 23.6 Å². The summed E-state index contributed by atoms with van der Waals surface area (Å²) in [6.07, 6.45) is 44.6. The van der Waals surface area contributed by atoms with Crippen molar-refractivity contribution in [1.82, 2.24) is 9.55 Å². The van der Waals surface area contributed by atoms with E-state index < -0.39 is 42.2 Å². The number of nitrogens with two attached hydrogens (primary N) is 1. The number of hydrogen-bond acceptors (Lipinski definition) is 10. The van der Waals surface area contributed by atoms with E-state index in [1.54, 1.807) is 0 Å². The number of nitrogen functional groups attached to an aromatic ring is 1. The number of ether oxygens (including phenoxy) is 4. The number of nitrogens with zero attached hydrogens (tertiary/aromatic N) is 2. The summed E-state index contributed by atoms with van der Waals surface area (Å²) in [6, 6.07) is 1.47. The lowest BCUT2D eigenvalue weighted by Gasteiger charge is -2.25. The molecule has 2 unspecified atom stereocenters. The van der Waals surface area contributed by atoms with Crippen molar-refractivity contribution < 1.29 is 33.3 Å². The number of aromatic nitrogens is 2. The summed E-state index contributed by atoms with van der Waals surface area (Å²) in [7, 11) is 0.